The highest BCUT2D eigenvalue weighted by Gasteiger charge is 2.25. The van der Waals surface area contributed by atoms with Crippen LogP contribution >= 0.6 is 0 Å². The molecule has 6 heteroatoms. The minimum atomic E-state index is -0.690. The average molecular weight is 269 g/mol. The van der Waals surface area contributed by atoms with Crippen molar-refractivity contribution in [2.45, 2.75) is 12.8 Å². The van der Waals surface area contributed by atoms with Crippen molar-refractivity contribution in [1.29, 1.82) is 5.26 Å². The maximum Gasteiger partial charge on any atom is 0.244 e. The highest BCUT2D eigenvalue weighted by molar-refractivity contribution is 5.79. The molecule has 0 aliphatic carbocycles. The van der Waals surface area contributed by atoms with Crippen molar-refractivity contribution in [3.63, 3.8) is 0 Å². The molecule has 20 heavy (non-hydrogen) atoms. The van der Waals surface area contributed by atoms with Crippen molar-refractivity contribution in [3.8, 4) is 17.3 Å². The van der Waals surface area contributed by atoms with Gasteiger partial charge in [-0.2, -0.15) is 9.65 Å². The van der Waals surface area contributed by atoms with Crippen LogP contribution in [0.1, 0.15) is 18.5 Å². The van der Waals surface area contributed by atoms with E-state index in [1.54, 1.807) is 24.4 Å². The molecule has 2 aromatic heterocycles. The lowest BCUT2D eigenvalue weighted by Gasteiger charge is -2.21. The van der Waals surface area contributed by atoms with Gasteiger partial charge in [-0.1, -0.05) is 6.07 Å². The number of hydrogen-bond donors (Lipinski definition) is 0. The summed E-state index contributed by atoms with van der Waals surface area (Å²) in [5, 5.41) is 16.3. The smallest absolute Gasteiger partial charge is 0.244 e. The van der Waals surface area contributed by atoms with Gasteiger partial charge in [0, 0.05) is 19.3 Å². The summed E-state index contributed by atoms with van der Waals surface area (Å²) < 4.78 is 14.2. The van der Waals surface area contributed by atoms with E-state index in [4.69, 9.17) is 0 Å². The zero-order chi connectivity index (χ0) is 13.9. The van der Waals surface area contributed by atoms with Gasteiger partial charge in [0.2, 0.25) is 5.95 Å². The largest absolute Gasteiger partial charge is 0.368 e. The molecule has 1 fully saturated rings. The van der Waals surface area contributed by atoms with E-state index in [2.05, 4.69) is 15.2 Å². The number of halogens is 1. The molecule has 0 unspecified atom stereocenters. The van der Waals surface area contributed by atoms with Gasteiger partial charge >= 0.3 is 0 Å². The molecule has 0 N–H and O–H groups in total. The number of pyridine rings is 1. The first-order valence-corrected chi connectivity index (χ1v) is 6.44. The van der Waals surface area contributed by atoms with E-state index in [9.17, 15) is 9.65 Å². The number of nitrogens with zero attached hydrogens (tertiary/aromatic N) is 5. The summed E-state index contributed by atoms with van der Waals surface area (Å²) in [6, 6.07) is 7.25. The second kappa shape index (κ2) is 5.21. The third-order valence-electron chi connectivity index (χ3n) is 3.35. The Morgan fingerprint density at radius 3 is 2.65 bits per heavy atom. The Morgan fingerprint density at radius 1 is 1.20 bits per heavy atom. The highest BCUT2D eigenvalue weighted by Crippen LogP contribution is 2.34. The maximum absolute atomic E-state index is 14.2. The quantitative estimate of drug-likeness (QED) is 0.835. The minimum absolute atomic E-state index is 0.147. The van der Waals surface area contributed by atoms with Crippen molar-refractivity contribution < 1.29 is 4.39 Å². The van der Waals surface area contributed by atoms with Gasteiger partial charge in [-0.05, 0) is 25.0 Å². The maximum atomic E-state index is 14.2. The monoisotopic (exact) mass is 269 g/mol. The molecule has 3 heterocycles. The first kappa shape index (κ1) is 12.5. The van der Waals surface area contributed by atoms with Crippen molar-refractivity contribution in [1.82, 2.24) is 15.2 Å². The van der Waals surface area contributed by atoms with Gasteiger partial charge < -0.3 is 4.90 Å². The lowest BCUT2D eigenvalue weighted by molar-refractivity contribution is 0.565. The fourth-order valence-electron chi connectivity index (χ4n) is 2.47. The van der Waals surface area contributed by atoms with Crippen LogP contribution in [0.3, 0.4) is 0 Å². The van der Waals surface area contributed by atoms with Crippen molar-refractivity contribution in [2.75, 3.05) is 18.0 Å². The van der Waals surface area contributed by atoms with Gasteiger partial charge in [0.1, 0.15) is 6.07 Å². The summed E-state index contributed by atoms with van der Waals surface area (Å²) in [5.41, 5.74) is 1.39. The summed E-state index contributed by atoms with van der Waals surface area (Å²) in [4.78, 5) is 6.16. The van der Waals surface area contributed by atoms with Gasteiger partial charge in [-0.3, -0.25) is 4.98 Å². The number of anilines is 1. The Hall–Kier alpha value is -2.55. The average Bonchev–Trinajstić information content (AvgIpc) is 3.01. The summed E-state index contributed by atoms with van der Waals surface area (Å²) in [6.45, 7) is 1.58. The Kier molecular flexibility index (Phi) is 3.25. The molecule has 0 aromatic carbocycles. The molecule has 0 bridgehead atoms. The summed E-state index contributed by atoms with van der Waals surface area (Å²) in [7, 11) is 0. The fraction of sp³-hybridized carbons (Fsp3) is 0.286. The third kappa shape index (κ3) is 2.07. The molecular weight excluding hydrogens is 257 g/mol. The Bertz CT molecular complexity index is 659. The van der Waals surface area contributed by atoms with Crippen LogP contribution in [0.15, 0.2) is 24.4 Å². The summed E-state index contributed by atoms with van der Waals surface area (Å²) >= 11 is 0. The molecule has 0 radical (unpaired) electrons. The Labute approximate surface area is 115 Å². The number of aromatic nitrogens is 3. The zero-order valence-electron chi connectivity index (χ0n) is 10.8. The molecule has 3 rings (SSSR count). The van der Waals surface area contributed by atoms with Crippen LogP contribution in [0.5, 0.6) is 0 Å². The fourth-order valence-corrected chi connectivity index (χ4v) is 2.47. The van der Waals surface area contributed by atoms with Crippen LogP contribution < -0.4 is 4.90 Å². The van der Waals surface area contributed by atoms with Crippen molar-refractivity contribution >= 4 is 5.69 Å². The molecule has 1 saturated heterocycles. The van der Waals surface area contributed by atoms with Gasteiger partial charge in [0.25, 0.3) is 0 Å². The topological polar surface area (TPSA) is 65.7 Å². The van der Waals surface area contributed by atoms with Gasteiger partial charge in [-0.25, -0.2) is 0 Å². The lowest BCUT2D eigenvalue weighted by atomic mass is 10.1. The third-order valence-corrected chi connectivity index (χ3v) is 3.35. The van der Waals surface area contributed by atoms with Crippen LogP contribution in [-0.2, 0) is 0 Å². The van der Waals surface area contributed by atoms with Gasteiger partial charge in [-0.15, -0.1) is 10.2 Å². The van der Waals surface area contributed by atoms with Gasteiger partial charge in [0.05, 0.1) is 16.9 Å². The number of hydrogen-bond acceptors (Lipinski definition) is 5. The van der Waals surface area contributed by atoms with E-state index < -0.39 is 5.95 Å². The number of rotatable bonds is 2. The Morgan fingerprint density at radius 2 is 2.00 bits per heavy atom. The highest BCUT2D eigenvalue weighted by atomic mass is 19.1. The van der Waals surface area contributed by atoms with E-state index in [0.717, 1.165) is 25.9 Å². The van der Waals surface area contributed by atoms with Crippen LogP contribution in [0.4, 0.5) is 10.1 Å². The molecule has 1 aliphatic heterocycles. The minimum Gasteiger partial charge on any atom is -0.368 e. The predicted molar refractivity (Wildman–Crippen MR) is 71.4 cm³/mol. The SMILES string of the molecule is N#Cc1nnc(F)c(-c2ccccn2)c1N1CCCC1. The van der Waals surface area contributed by atoms with Crippen LogP contribution in [-0.4, -0.2) is 28.3 Å². The zero-order valence-corrected chi connectivity index (χ0v) is 10.8. The first-order chi connectivity index (χ1) is 9.81. The predicted octanol–water partition coefficient (Wildman–Crippen LogP) is 2.15. The van der Waals surface area contributed by atoms with E-state index >= 15 is 0 Å². The standard InChI is InChI=1S/C14H12FN5/c15-14-12(10-5-1-2-6-17-10)13(11(9-16)18-19-14)20-7-3-4-8-20/h1-2,5-6H,3-4,7-8H2. The van der Waals surface area contributed by atoms with E-state index in [0.29, 0.717) is 11.4 Å². The molecule has 1 aliphatic rings. The lowest BCUT2D eigenvalue weighted by Crippen LogP contribution is -2.21. The number of nitriles is 1. The Balaban J connectivity index is 2.24. The van der Waals surface area contributed by atoms with Crippen molar-refractivity contribution in [3.05, 3.63) is 36.0 Å². The van der Waals surface area contributed by atoms with E-state index in [1.807, 2.05) is 11.0 Å². The molecule has 100 valence electrons. The molecule has 2 aromatic rings. The van der Waals surface area contributed by atoms with Gasteiger partial charge in [0.15, 0.2) is 5.69 Å². The summed E-state index contributed by atoms with van der Waals surface area (Å²) in [6.07, 6.45) is 3.64. The second-order valence-electron chi connectivity index (χ2n) is 4.58. The first-order valence-electron chi connectivity index (χ1n) is 6.44. The van der Waals surface area contributed by atoms with Crippen LogP contribution in [0.2, 0.25) is 0 Å². The molecule has 0 spiro atoms. The molecule has 0 saturated carbocycles. The van der Waals surface area contributed by atoms with Crippen LogP contribution in [0, 0.1) is 17.3 Å². The van der Waals surface area contributed by atoms with E-state index in [1.165, 1.54) is 0 Å². The van der Waals surface area contributed by atoms with Crippen molar-refractivity contribution in [2.24, 2.45) is 0 Å². The van der Waals surface area contributed by atoms with Crippen LogP contribution in [0.25, 0.3) is 11.3 Å². The normalized spacial score (nSPS) is 14.3. The summed E-state index contributed by atoms with van der Waals surface area (Å²) in [5.74, 6) is -0.690. The second-order valence-corrected chi connectivity index (χ2v) is 4.58. The molecular formula is C14H12FN5. The molecule has 0 amide bonds. The van der Waals surface area contributed by atoms with E-state index in [-0.39, 0.29) is 11.3 Å². The molecule has 0 atom stereocenters. The molecule has 5 nitrogen and oxygen atoms in total.